The molecule has 0 saturated heterocycles. The number of fused-ring (bicyclic) bond motifs is 4. The molecule has 0 atom stereocenters. The van der Waals surface area contributed by atoms with E-state index in [9.17, 15) is 0 Å². The van der Waals surface area contributed by atoms with Gasteiger partial charge in [0.2, 0.25) is 0 Å². The highest BCUT2D eigenvalue weighted by Gasteiger charge is 2.22. The van der Waals surface area contributed by atoms with Crippen LogP contribution in [-0.2, 0) is 10.8 Å². The average Bonchev–Trinajstić information content (AvgIpc) is 3.97. The molecule has 0 bridgehead atoms. The fourth-order valence-electron chi connectivity index (χ4n) is 9.31. The van der Waals surface area contributed by atoms with Gasteiger partial charge in [0.15, 0.2) is 0 Å². The number of ether oxygens (including phenoxy) is 2. The first-order valence-electron chi connectivity index (χ1n) is 24.1. The molecule has 0 aliphatic rings. The lowest BCUT2D eigenvalue weighted by Crippen LogP contribution is -2.30. The zero-order valence-corrected chi connectivity index (χ0v) is 40.9. The average molecular weight is 939 g/mol. The molecule has 12 rings (SSSR count). The van der Waals surface area contributed by atoms with E-state index in [1.165, 1.54) is 0 Å². The van der Waals surface area contributed by atoms with Crippen molar-refractivity contribution in [3.8, 4) is 57.1 Å². The third-order valence-electron chi connectivity index (χ3n) is 13.1. The van der Waals surface area contributed by atoms with Gasteiger partial charge in [-0.3, -0.25) is 38.2 Å². The largest absolute Gasteiger partial charge is 0.458 e. The number of para-hydroxylation sites is 6. The highest BCUT2D eigenvalue weighted by molar-refractivity contribution is 5.90. The lowest BCUT2D eigenvalue weighted by atomic mass is 9.86. The quantitative estimate of drug-likeness (QED) is 0.106. The Morgan fingerprint density at radius 3 is 1.28 bits per heavy atom. The Morgan fingerprint density at radius 2 is 0.833 bits per heavy atom. The third-order valence-corrected chi connectivity index (χ3v) is 13.1. The molecule has 350 valence electrons. The fourth-order valence-corrected chi connectivity index (χ4v) is 9.31. The van der Waals surface area contributed by atoms with E-state index >= 15 is 0 Å². The second-order valence-electron chi connectivity index (χ2n) is 20.1. The van der Waals surface area contributed by atoms with E-state index in [1.807, 2.05) is 48.8 Å². The van der Waals surface area contributed by atoms with Crippen LogP contribution in [0.25, 0.3) is 78.0 Å². The lowest BCUT2D eigenvalue weighted by Gasteiger charge is -2.22. The van der Waals surface area contributed by atoms with Crippen LogP contribution in [0.5, 0.6) is 23.0 Å². The number of nitrogens with zero attached hydrogens (tertiary/aromatic N) is 8. The summed E-state index contributed by atoms with van der Waals surface area (Å²) in [5.41, 5.74) is 12.7. The number of aromatic nitrogens is 8. The van der Waals surface area contributed by atoms with Crippen LogP contribution in [0.1, 0.15) is 52.7 Å². The topological polar surface area (TPSA) is 87.6 Å². The van der Waals surface area contributed by atoms with Gasteiger partial charge in [0, 0.05) is 36.9 Å². The van der Waals surface area contributed by atoms with Crippen molar-refractivity contribution in [3.63, 3.8) is 0 Å². The first kappa shape index (κ1) is 44.2. The smallest absolute Gasteiger partial charge is 0.269 e. The Hall–Kier alpha value is -9.02. The monoisotopic (exact) mass is 938 g/mol. The summed E-state index contributed by atoms with van der Waals surface area (Å²) in [5.74, 6) is 2.62. The van der Waals surface area contributed by atoms with E-state index in [-0.39, 0.29) is 10.8 Å². The lowest BCUT2D eigenvalue weighted by molar-refractivity contribution is -0.572. The molecule has 0 aliphatic heterocycles. The van der Waals surface area contributed by atoms with E-state index in [4.69, 9.17) is 29.4 Å². The molecule has 0 aliphatic carbocycles. The molecule has 0 saturated carbocycles. The molecule has 0 fully saturated rings. The van der Waals surface area contributed by atoms with Crippen molar-refractivity contribution in [2.24, 2.45) is 0 Å². The van der Waals surface area contributed by atoms with Gasteiger partial charge in [-0.25, -0.2) is 0 Å². The van der Waals surface area contributed by atoms with Crippen LogP contribution in [0.3, 0.4) is 0 Å². The molecule has 10 nitrogen and oxygen atoms in total. The maximum Gasteiger partial charge on any atom is 0.269 e. The van der Waals surface area contributed by atoms with Crippen molar-refractivity contribution in [3.05, 3.63) is 218 Å². The molecule has 6 aromatic heterocycles. The summed E-state index contributed by atoms with van der Waals surface area (Å²) in [6.45, 7) is 13.3. The Balaban J connectivity index is 0.871. The summed E-state index contributed by atoms with van der Waals surface area (Å²) < 4.78 is 21.9. The second-order valence-corrected chi connectivity index (χ2v) is 20.1. The summed E-state index contributed by atoms with van der Waals surface area (Å²) in [5, 5.41) is 2.13. The zero-order valence-electron chi connectivity index (χ0n) is 40.9. The van der Waals surface area contributed by atoms with Crippen molar-refractivity contribution in [1.29, 1.82) is 0 Å². The molecule has 6 heterocycles. The van der Waals surface area contributed by atoms with Crippen LogP contribution in [0.2, 0.25) is 0 Å². The van der Waals surface area contributed by atoms with Crippen LogP contribution < -0.4 is 18.6 Å². The second kappa shape index (κ2) is 17.4. The molecular weight excluding hydrogens is 889 g/mol. The van der Waals surface area contributed by atoms with Gasteiger partial charge in [0.1, 0.15) is 23.0 Å². The first-order chi connectivity index (χ1) is 34.9. The Bertz CT molecular complexity index is 3770. The van der Waals surface area contributed by atoms with Gasteiger partial charge in [-0.2, -0.15) is 0 Å². The number of hydrogen-bond donors (Lipinski definition) is 0. The Labute approximate surface area is 417 Å². The van der Waals surface area contributed by atoms with Gasteiger partial charge in [-0.05, 0) is 106 Å². The van der Waals surface area contributed by atoms with Crippen molar-refractivity contribution in [2.75, 3.05) is 0 Å². The Kier molecular flexibility index (Phi) is 10.7. The van der Waals surface area contributed by atoms with E-state index in [0.29, 0.717) is 34.4 Å². The van der Waals surface area contributed by atoms with Gasteiger partial charge in [0.05, 0.1) is 67.2 Å². The summed E-state index contributed by atoms with van der Waals surface area (Å²) in [6, 6.07) is 57.6. The molecule has 0 amide bonds. The minimum absolute atomic E-state index is 0.182. The zero-order chi connectivity index (χ0) is 49.1. The van der Waals surface area contributed by atoms with Gasteiger partial charge < -0.3 is 9.47 Å². The number of hydrogen-bond acceptors (Lipinski definition) is 6. The predicted molar refractivity (Wildman–Crippen MR) is 283 cm³/mol. The summed E-state index contributed by atoms with van der Waals surface area (Å²) >= 11 is 0. The molecule has 0 radical (unpaired) electrons. The maximum atomic E-state index is 6.75. The van der Waals surface area contributed by atoms with Crippen molar-refractivity contribution in [2.45, 2.75) is 52.4 Å². The number of rotatable bonds is 9. The fraction of sp³-hybridized carbons (Fsp3) is 0.129. The minimum Gasteiger partial charge on any atom is -0.458 e. The van der Waals surface area contributed by atoms with E-state index in [0.717, 1.165) is 77.7 Å². The van der Waals surface area contributed by atoms with Gasteiger partial charge in [0.25, 0.3) is 12.7 Å². The van der Waals surface area contributed by atoms with Gasteiger partial charge in [-0.1, -0.05) is 126 Å². The molecule has 0 unspecified atom stereocenters. The third kappa shape index (κ3) is 8.26. The maximum absolute atomic E-state index is 6.75. The molecule has 6 aromatic carbocycles. The molecule has 0 spiro atoms. The predicted octanol–water partition coefficient (Wildman–Crippen LogP) is 13.5. The van der Waals surface area contributed by atoms with Gasteiger partial charge >= 0.3 is 0 Å². The Morgan fingerprint density at radius 1 is 0.403 bits per heavy atom. The summed E-state index contributed by atoms with van der Waals surface area (Å²) in [6.07, 6.45) is 14.5. The number of pyridine rings is 4. The van der Waals surface area contributed by atoms with E-state index in [2.05, 4.69) is 206 Å². The van der Waals surface area contributed by atoms with Crippen LogP contribution >= 0.6 is 0 Å². The van der Waals surface area contributed by atoms with E-state index < -0.39 is 0 Å². The SMILES string of the molecule is CC(C)(C)c1cc(Oc2ccnc(-c3cc(Oc4cc(-[n+]5[c-]n(-c6cccc7cccnc67)c6ccccc65)cc(C(C)(C)C)c4)ccn3)c2)cc(-[n+]2[c-]n(-c3cccc4cccnc34)c3ccccc32)c1. The summed E-state index contributed by atoms with van der Waals surface area (Å²) in [4.78, 5) is 19.0. The summed E-state index contributed by atoms with van der Waals surface area (Å²) in [7, 11) is 0. The number of imidazole rings is 2. The molecule has 12 aromatic rings. The van der Waals surface area contributed by atoms with Crippen LogP contribution in [0.4, 0.5) is 0 Å². The number of benzene rings is 6. The van der Waals surface area contributed by atoms with Crippen LogP contribution in [-0.4, -0.2) is 29.1 Å². The van der Waals surface area contributed by atoms with Crippen LogP contribution in [0, 0.1) is 12.7 Å². The van der Waals surface area contributed by atoms with Gasteiger partial charge in [-0.15, -0.1) is 0 Å². The molecular formula is C62H50N8O2. The minimum atomic E-state index is -0.182. The van der Waals surface area contributed by atoms with Crippen molar-refractivity contribution >= 4 is 43.9 Å². The standard InChI is InChI=1S/C62H50N8O2/c1-61(2,3)43-31-45(67-39-69(55-21-9-7-19-53(55)67)57-23-11-15-41-17-13-27-65-59(41)57)35-49(33-43)71-47-25-29-63-51(37-47)52-38-48(26-30-64-52)72-50-34-44(62(4,5)6)32-46(36-50)68-40-70(56-22-10-8-20-54(56)68)58-24-12-16-42-18-14-28-66-60(42)58/h7-38H,1-6H3. The first-order valence-corrected chi connectivity index (χ1v) is 24.1. The van der Waals surface area contributed by atoms with Crippen molar-refractivity contribution < 1.29 is 18.6 Å². The highest BCUT2D eigenvalue weighted by atomic mass is 16.5. The normalized spacial score (nSPS) is 12.0. The highest BCUT2D eigenvalue weighted by Crippen LogP contribution is 2.36. The van der Waals surface area contributed by atoms with E-state index in [1.54, 1.807) is 12.4 Å². The molecule has 10 heteroatoms. The molecule has 72 heavy (non-hydrogen) atoms. The molecule has 0 N–H and O–H groups in total. The van der Waals surface area contributed by atoms with Crippen LogP contribution in [0.15, 0.2) is 195 Å². The van der Waals surface area contributed by atoms with Crippen molar-refractivity contribution in [1.82, 2.24) is 29.1 Å².